The Morgan fingerprint density at radius 3 is 2.24 bits per heavy atom. The normalized spacial score (nSPS) is 17.6. The van der Waals surface area contributed by atoms with Gasteiger partial charge in [-0.25, -0.2) is 4.79 Å². The van der Waals surface area contributed by atoms with Crippen LogP contribution in [0.25, 0.3) is 21.9 Å². The standard InChI is InChI=1S/C29H36N2O7/c1-15-18(4)37-26-17(3)27-23(13-22(15)26)16(2)21(29(36)38-27)9-10-24(32)31-14-19-5-7-20(8-6-19)28(35)30-12-11-25(33)34/h13,19-20H,5-12,14H2,1-4H3,(H,30,35)(H,31,32)(H,33,34). The summed E-state index contributed by atoms with van der Waals surface area (Å²) in [5.41, 5.74) is 4.02. The zero-order valence-corrected chi connectivity index (χ0v) is 22.5. The maximum atomic E-state index is 12.8. The molecule has 0 saturated heterocycles. The maximum Gasteiger partial charge on any atom is 0.339 e. The number of rotatable bonds is 9. The number of carboxylic acid groups (broad SMARTS) is 1. The van der Waals surface area contributed by atoms with E-state index in [-0.39, 0.29) is 37.1 Å². The molecule has 2 amide bonds. The number of carboxylic acids is 1. The molecule has 1 saturated carbocycles. The fourth-order valence-corrected chi connectivity index (χ4v) is 5.43. The molecule has 0 bridgehead atoms. The van der Waals surface area contributed by atoms with Gasteiger partial charge in [0, 0.05) is 47.3 Å². The second-order valence-corrected chi connectivity index (χ2v) is 10.5. The number of nitrogens with one attached hydrogen (secondary N) is 2. The lowest BCUT2D eigenvalue weighted by atomic mass is 9.81. The molecule has 9 heteroatoms. The van der Waals surface area contributed by atoms with Gasteiger partial charge in [0.25, 0.3) is 0 Å². The number of aryl methyl sites for hydroxylation is 4. The first-order valence-corrected chi connectivity index (χ1v) is 13.3. The van der Waals surface area contributed by atoms with E-state index in [1.165, 1.54) is 0 Å². The van der Waals surface area contributed by atoms with Gasteiger partial charge in [-0.2, -0.15) is 0 Å². The number of benzene rings is 1. The Morgan fingerprint density at radius 1 is 0.895 bits per heavy atom. The fraction of sp³-hybridized carbons (Fsp3) is 0.517. The Bertz CT molecular complexity index is 1440. The van der Waals surface area contributed by atoms with E-state index >= 15 is 0 Å². The van der Waals surface area contributed by atoms with Crippen molar-refractivity contribution in [1.82, 2.24) is 10.6 Å². The number of aliphatic carboxylic acids is 1. The van der Waals surface area contributed by atoms with E-state index in [2.05, 4.69) is 10.6 Å². The molecular formula is C29H36N2O7. The molecule has 2 aromatic heterocycles. The molecule has 0 unspecified atom stereocenters. The highest BCUT2D eigenvalue weighted by Crippen LogP contribution is 2.34. The first-order valence-electron chi connectivity index (χ1n) is 13.3. The van der Waals surface area contributed by atoms with Crippen molar-refractivity contribution in [2.75, 3.05) is 13.1 Å². The van der Waals surface area contributed by atoms with Gasteiger partial charge >= 0.3 is 11.6 Å². The van der Waals surface area contributed by atoms with Gasteiger partial charge < -0.3 is 24.6 Å². The highest BCUT2D eigenvalue weighted by atomic mass is 16.4. The van der Waals surface area contributed by atoms with Crippen LogP contribution in [0.2, 0.25) is 0 Å². The van der Waals surface area contributed by atoms with Gasteiger partial charge in [0.2, 0.25) is 11.8 Å². The average Bonchev–Trinajstić information content (AvgIpc) is 3.17. The molecule has 3 N–H and O–H groups in total. The molecule has 38 heavy (non-hydrogen) atoms. The summed E-state index contributed by atoms with van der Waals surface area (Å²) in [5.74, 6) is -0.121. The molecule has 0 radical (unpaired) electrons. The van der Waals surface area contributed by atoms with Gasteiger partial charge in [-0.15, -0.1) is 0 Å². The van der Waals surface area contributed by atoms with Crippen molar-refractivity contribution in [3.63, 3.8) is 0 Å². The number of carbonyl (C=O) groups excluding carboxylic acids is 2. The lowest BCUT2D eigenvalue weighted by Crippen LogP contribution is -2.36. The van der Waals surface area contributed by atoms with Crippen molar-refractivity contribution in [1.29, 1.82) is 0 Å². The average molecular weight is 525 g/mol. The number of amides is 2. The minimum Gasteiger partial charge on any atom is -0.481 e. The fourth-order valence-electron chi connectivity index (χ4n) is 5.43. The predicted molar refractivity (Wildman–Crippen MR) is 143 cm³/mol. The van der Waals surface area contributed by atoms with Crippen LogP contribution in [0.15, 0.2) is 19.7 Å². The van der Waals surface area contributed by atoms with Crippen LogP contribution in [0.4, 0.5) is 0 Å². The molecule has 1 fully saturated rings. The maximum absolute atomic E-state index is 12.8. The third-order valence-corrected chi connectivity index (χ3v) is 7.99. The summed E-state index contributed by atoms with van der Waals surface area (Å²) in [5, 5.41) is 16.2. The molecule has 1 aliphatic rings. The van der Waals surface area contributed by atoms with Crippen LogP contribution in [0, 0.1) is 39.5 Å². The largest absolute Gasteiger partial charge is 0.481 e. The number of carbonyl (C=O) groups is 3. The summed E-state index contributed by atoms with van der Waals surface area (Å²) >= 11 is 0. The molecule has 2 heterocycles. The lowest BCUT2D eigenvalue weighted by Gasteiger charge is -2.27. The summed E-state index contributed by atoms with van der Waals surface area (Å²) < 4.78 is 11.6. The van der Waals surface area contributed by atoms with Crippen LogP contribution in [0.1, 0.15) is 66.5 Å². The Labute approximate surface area is 220 Å². The van der Waals surface area contributed by atoms with Gasteiger partial charge in [-0.1, -0.05) is 0 Å². The Kier molecular flexibility index (Phi) is 8.23. The van der Waals surface area contributed by atoms with Gasteiger partial charge in [-0.05, 0) is 82.9 Å². The second kappa shape index (κ2) is 11.4. The van der Waals surface area contributed by atoms with Gasteiger partial charge in [0.1, 0.15) is 16.9 Å². The van der Waals surface area contributed by atoms with Crippen molar-refractivity contribution < 1.29 is 28.3 Å². The summed E-state index contributed by atoms with van der Waals surface area (Å²) in [4.78, 5) is 48.2. The first-order chi connectivity index (χ1) is 18.1. The Balaban J connectivity index is 1.32. The van der Waals surface area contributed by atoms with E-state index < -0.39 is 11.6 Å². The summed E-state index contributed by atoms with van der Waals surface area (Å²) in [6.07, 6.45) is 3.49. The molecular weight excluding hydrogens is 488 g/mol. The van der Waals surface area contributed by atoms with Crippen LogP contribution in [-0.2, 0) is 20.8 Å². The molecule has 1 aromatic carbocycles. The van der Waals surface area contributed by atoms with Crippen molar-refractivity contribution in [2.45, 2.75) is 72.6 Å². The molecule has 1 aliphatic carbocycles. The number of hydrogen-bond donors (Lipinski definition) is 3. The summed E-state index contributed by atoms with van der Waals surface area (Å²) in [6, 6.07) is 2.01. The number of furan rings is 1. The quantitative estimate of drug-likeness (QED) is 0.356. The number of fused-ring (bicyclic) bond motifs is 2. The number of hydrogen-bond acceptors (Lipinski definition) is 6. The smallest absolute Gasteiger partial charge is 0.339 e. The van der Waals surface area contributed by atoms with E-state index in [9.17, 15) is 19.2 Å². The summed E-state index contributed by atoms with van der Waals surface area (Å²) in [6.45, 7) is 8.40. The zero-order valence-electron chi connectivity index (χ0n) is 22.5. The monoisotopic (exact) mass is 524 g/mol. The van der Waals surface area contributed by atoms with Gasteiger partial charge in [0.15, 0.2) is 0 Å². The third kappa shape index (κ3) is 5.76. The minimum absolute atomic E-state index is 0.0823. The van der Waals surface area contributed by atoms with E-state index in [0.29, 0.717) is 30.0 Å². The molecule has 0 atom stereocenters. The second-order valence-electron chi connectivity index (χ2n) is 10.5. The lowest BCUT2D eigenvalue weighted by molar-refractivity contribution is -0.137. The van der Waals surface area contributed by atoms with E-state index in [4.69, 9.17) is 13.9 Å². The van der Waals surface area contributed by atoms with Crippen molar-refractivity contribution in [3.05, 3.63) is 44.5 Å². The van der Waals surface area contributed by atoms with Crippen molar-refractivity contribution >= 4 is 39.7 Å². The van der Waals surface area contributed by atoms with E-state index in [0.717, 1.165) is 64.5 Å². The highest BCUT2D eigenvalue weighted by Gasteiger charge is 2.26. The van der Waals surface area contributed by atoms with Gasteiger partial charge in [-0.3, -0.25) is 14.4 Å². The van der Waals surface area contributed by atoms with E-state index in [1.807, 2.05) is 33.8 Å². The third-order valence-electron chi connectivity index (χ3n) is 7.99. The van der Waals surface area contributed by atoms with Crippen LogP contribution in [0.5, 0.6) is 0 Å². The molecule has 204 valence electrons. The topological polar surface area (TPSA) is 139 Å². The van der Waals surface area contributed by atoms with Crippen LogP contribution >= 0.6 is 0 Å². The summed E-state index contributed by atoms with van der Waals surface area (Å²) in [7, 11) is 0. The molecule has 0 aliphatic heterocycles. The van der Waals surface area contributed by atoms with Crippen molar-refractivity contribution in [2.24, 2.45) is 11.8 Å². The van der Waals surface area contributed by atoms with E-state index in [1.54, 1.807) is 0 Å². The van der Waals surface area contributed by atoms with Crippen molar-refractivity contribution in [3.8, 4) is 0 Å². The molecule has 3 aromatic rings. The van der Waals surface area contributed by atoms with Crippen LogP contribution < -0.4 is 16.3 Å². The SMILES string of the molecule is Cc1oc2c(C)c3oc(=O)c(CCC(=O)NCC4CCC(C(=O)NCCC(=O)O)CC4)c(C)c3cc2c1C. The first kappa shape index (κ1) is 27.4. The molecule has 0 spiro atoms. The Morgan fingerprint density at radius 2 is 1.55 bits per heavy atom. The molecule has 4 rings (SSSR count). The highest BCUT2D eigenvalue weighted by molar-refractivity contribution is 6.00. The van der Waals surface area contributed by atoms with Crippen LogP contribution in [0.3, 0.4) is 0 Å². The minimum atomic E-state index is -0.933. The zero-order chi connectivity index (χ0) is 27.6. The molecule has 9 nitrogen and oxygen atoms in total. The predicted octanol–water partition coefficient (Wildman–Crippen LogP) is 4.22. The van der Waals surface area contributed by atoms with Gasteiger partial charge in [0.05, 0.1) is 6.42 Å². The van der Waals surface area contributed by atoms with Crippen LogP contribution in [-0.4, -0.2) is 36.0 Å². The Hall–Kier alpha value is -3.62.